The summed E-state index contributed by atoms with van der Waals surface area (Å²) in [7, 11) is 0. The average molecular weight is 404 g/mol. The second-order valence-corrected chi connectivity index (χ2v) is 13.6. The molecule has 0 unspecified atom stereocenters. The predicted molar refractivity (Wildman–Crippen MR) is 93.1 cm³/mol. The maximum atomic E-state index is 6.94. The van der Waals surface area contributed by atoms with Gasteiger partial charge >= 0.3 is 38.5 Å². The molecule has 1 saturated carbocycles. The maximum absolute atomic E-state index is 6.94. The van der Waals surface area contributed by atoms with Crippen LogP contribution in [0.4, 0.5) is 0 Å². The Morgan fingerprint density at radius 2 is 1.57 bits per heavy atom. The fourth-order valence-electron chi connectivity index (χ4n) is 1.83. The molecule has 0 aliphatic heterocycles. The van der Waals surface area contributed by atoms with Gasteiger partial charge in [-0.25, -0.2) is 0 Å². The van der Waals surface area contributed by atoms with Crippen molar-refractivity contribution in [1.82, 2.24) is 0 Å². The van der Waals surface area contributed by atoms with Gasteiger partial charge in [0.05, 0.1) is 0 Å². The molecule has 23 heavy (non-hydrogen) atoms. The van der Waals surface area contributed by atoms with Gasteiger partial charge in [-0.15, -0.1) is 46.1 Å². The van der Waals surface area contributed by atoms with Crippen LogP contribution in [0, 0.1) is 0 Å². The summed E-state index contributed by atoms with van der Waals surface area (Å²) in [4.78, 5) is 0. The minimum Gasteiger partial charge on any atom is -1.00 e. The summed E-state index contributed by atoms with van der Waals surface area (Å²) in [5.41, 5.74) is 8.24. The Bertz CT molecular complexity index is 543. The Labute approximate surface area is 166 Å². The molecule has 1 aliphatic carbocycles. The van der Waals surface area contributed by atoms with Crippen molar-refractivity contribution in [3.05, 3.63) is 47.7 Å². The van der Waals surface area contributed by atoms with Gasteiger partial charge in [-0.1, -0.05) is 26.8 Å². The summed E-state index contributed by atoms with van der Waals surface area (Å²) in [6.45, 7) is 10.1. The first-order chi connectivity index (χ1) is 9.66. The first-order valence-electron chi connectivity index (χ1n) is 7.59. The van der Waals surface area contributed by atoms with Crippen molar-refractivity contribution in [3.63, 3.8) is 0 Å². The molecule has 128 valence electrons. The van der Waals surface area contributed by atoms with Crippen LogP contribution >= 0.6 is 0 Å². The topological polar surface area (TPSA) is 23.8 Å². The van der Waals surface area contributed by atoms with Crippen LogP contribution in [-0.4, -0.2) is 11.7 Å². The first kappa shape index (κ1) is 25.5. The third kappa shape index (κ3) is 13.3. The molecular weight excluding hydrogens is 377 g/mol. The number of fused-ring (bicyclic) bond motifs is 1. The van der Waals surface area contributed by atoms with Crippen LogP contribution in [0.15, 0.2) is 36.4 Å². The minimum absolute atomic E-state index is 0. The summed E-state index contributed by atoms with van der Waals surface area (Å²) in [5.74, 6) is 0.886. The summed E-state index contributed by atoms with van der Waals surface area (Å²) in [6, 6.07) is 13.3. The molecule has 3 rings (SSSR count). The molecular formula is C18H27Cl2NSiTi-2. The second-order valence-electron chi connectivity index (χ2n) is 6.94. The monoisotopic (exact) mass is 403 g/mol. The fraction of sp³-hybridized carbons (Fsp3) is 0.500. The molecule has 0 spiro atoms. The SMILES string of the molecule is CC(C)(C)[NH-].C[Si](C)=[Ti+2].[Cl-].[Cl-].c1ccc2[cH-]c(C3CC3)cc2c1. The van der Waals surface area contributed by atoms with E-state index in [2.05, 4.69) is 68.7 Å². The van der Waals surface area contributed by atoms with Crippen LogP contribution in [0.25, 0.3) is 16.5 Å². The van der Waals surface area contributed by atoms with Crippen LogP contribution in [0.3, 0.4) is 0 Å². The third-order valence-corrected chi connectivity index (χ3v) is 2.69. The quantitative estimate of drug-likeness (QED) is 0.475. The van der Waals surface area contributed by atoms with Gasteiger partial charge in [-0.2, -0.15) is 6.07 Å². The zero-order valence-corrected chi connectivity index (χ0v) is 18.8. The molecule has 0 heterocycles. The van der Waals surface area contributed by atoms with Gasteiger partial charge in [0.25, 0.3) is 0 Å². The van der Waals surface area contributed by atoms with Crippen molar-refractivity contribution in [3.8, 4) is 0 Å². The Hall–Kier alpha value is 0.301. The van der Waals surface area contributed by atoms with Crippen LogP contribution in [-0.2, 0) is 19.2 Å². The molecule has 1 N–H and O–H groups in total. The Morgan fingerprint density at radius 1 is 1.13 bits per heavy atom. The number of benzene rings is 1. The number of nitrogens with one attached hydrogen (secondary N) is 1. The smallest absolute Gasteiger partial charge is 0.0340 e. The van der Waals surface area contributed by atoms with E-state index in [0.29, 0.717) is 0 Å². The van der Waals surface area contributed by atoms with Gasteiger partial charge < -0.3 is 30.5 Å². The van der Waals surface area contributed by atoms with E-state index >= 15 is 0 Å². The minimum atomic E-state index is -0.250. The van der Waals surface area contributed by atoms with Gasteiger partial charge in [-0.3, -0.25) is 0 Å². The maximum Gasteiger partial charge on any atom is -0.0340 e. The summed E-state index contributed by atoms with van der Waals surface area (Å²) >= 11 is 2.27. The Balaban J connectivity index is 0. The van der Waals surface area contributed by atoms with Crippen LogP contribution in [0.2, 0.25) is 13.1 Å². The van der Waals surface area contributed by atoms with Crippen LogP contribution in [0.5, 0.6) is 0 Å². The summed E-state index contributed by atoms with van der Waals surface area (Å²) < 4.78 is 0. The van der Waals surface area contributed by atoms with E-state index in [9.17, 15) is 0 Å². The van der Waals surface area contributed by atoms with Crippen LogP contribution in [0.1, 0.15) is 45.1 Å². The van der Waals surface area contributed by atoms with E-state index in [4.69, 9.17) is 5.73 Å². The van der Waals surface area contributed by atoms with Gasteiger partial charge in [0.1, 0.15) is 0 Å². The number of halogens is 2. The summed E-state index contributed by atoms with van der Waals surface area (Å²) in [6.07, 6.45) is 2.92. The predicted octanol–water partition coefficient (Wildman–Crippen LogP) is 0.0655. The second kappa shape index (κ2) is 11.8. The normalized spacial score (nSPS) is 12.7. The standard InChI is InChI=1S/C12H11.C4H10N.C2H6Si.2ClH.Ti/c1-2-4-11-8-12(9-5-6-9)7-10(11)3-1;1-4(2,3)5;1-3-2;;;/h1-4,7-9H,5-6H2;5H,1-3H3;1-2H3;2*1H;/q2*-1;;;;+2/p-2. The number of hydrogen-bond acceptors (Lipinski definition) is 0. The molecule has 0 amide bonds. The molecule has 0 aromatic heterocycles. The molecule has 0 radical (unpaired) electrons. The zero-order chi connectivity index (χ0) is 16.0. The zero-order valence-electron chi connectivity index (χ0n) is 14.7. The van der Waals surface area contributed by atoms with Crippen molar-refractivity contribution < 1.29 is 44.0 Å². The molecule has 2 aromatic rings. The number of rotatable bonds is 1. The molecule has 0 saturated heterocycles. The van der Waals surface area contributed by atoms with Crippen molar-refractivity contribution in [2.45, 2.75) is 58.2 Å². The largest absolute Gasteiger partial charge is 1.00 e. The van der Waals surface area contributed by atoms with Gasteiger partial charge in [-0.05, 0) is 18.8 Å². The van der Waals surface area contributed by atoms with Crippen LogP contribution < -0.4 is 24.8 Å². The molecule has 0 bridgehead atoms. The van der Waals surface area contributed by atoms with E-state index in [-0.39, 0.29) is 36.5 Å². The van der Waals surface area contributed by atoms with Gasteiger partial charge in [0.2, 0.25) is 0 Å². The summed E-state index contributed by atoms with van der Waals surface area (Å²) in [5, 5.41) is 2.80. The van der Waals surface area contributed by atoms with E-state index in [1.54, 1.807) is 5.56 Å². The van der Waals surface area contributed by atoms with E-state index in [0.717, 1.165) is 5.92 Å². The van der Waals surface area contributed by atoms with Gasteiger partial charge in [0.15, 0.2) is 0 Å². The third-order valence-electron chi connectivity index (χ3n) is 2.69. The Morgan fingerprint density at radius 3 is 1.96 bits per heavy atom. The fourth-order valence-corrected chi connectivity index (χ4v) is 1.83. The van der Waals surface area contributed by atoms with Crippen molar-refractivity contribution in [1.29, 1.82) is 0 Å². The van der Waals surface area contributed by atoms with Crippen molar-refractivity contribution >= 4 is 17.0 Å². The average Bonchev–Trinajstić information content (AvgIpc) is 3.06. The van der Waals surface area contributed by atoms with Crippen molar-refractivity contribution in [2.24, 2.45) is 0 Å². The molecule has 0 atom stereocenters. The number of hydrogen-bond donors (Lipinski definition) is 0. The van der Waals surface area contributed by atoms with E-state index < -0.39 is 0 Å². The van der Waals surface area contributed by atoms with Crippen molar-refractivity contribution in [2.75, 3.05) is 0 Å². The molecule has 5 heteroatoms. The van der Waals surface area contributed by atoms with E-state index in [1.165, 1.54) is 23.6 Å². The van der Waals surface area contributed by atoms with E-state index in [1.807, 2.05) is 20.8 Å². The molecule has 1 fully saturated rings. The first-order valence-corrected chi connectivity index (χ1v) is 12.4. The Kier molecular flexibility index (Phi) is 13.1. The molecule has 1 aliphatic rings. The van der Waals surface area contributed by atoms with Gasteiger partial charge in [0, 0.05) is 0 Å². The molecule has 1 nitrogen and oxygen atoms in total. The molecule has 2 aromatic carbocycles.